The Labute approximate surface area is 70.6 Å². The van der Waals surface area contributed by atoms with Crippen molar-refractivity contribution in [3.63, 3.8) is 0 Å². The lowest BCUT2D eigenvalue weighted by Gasteiger charge is -2.10. The summed E-state index contributed by atoms with van der Waals surface area (Å²) in [6, 6.07) is 6.76. The lowest BCUT2D eigenvalue weighted by molar-refractivity contribution is -0.133. The summed E-state index contributed by atoms with van der Waals surface area (Å²) < 4.78 is 4.67. The van der Waals surface area contributed by atoms with Gasteiger partial charge in [-0.3, -0.25) is 4.79 Å². The Kier molecular flexibility index (Phi) is 2.69. The van der Waals surface area contributed by atoms with E-state index in [0.29, 0.717) is 12.0 Å². The smallest absolute Gasteiger partial charge is 0.293 e. The molecule has 0 aliphatic carbocycles. The van der Waals surface area contributed by atoms with Crippen molar-refractivity contribution in [3.05, 3.63) is 29.8 Å². The van der Waals surface area contributed by atoms with Crippen LogP contribution in [0.5, 0.6) is 5.75 Å². The molecular formula is C9H10O3. The minimum atomic E-state index is -0.399. The summed E-state index contributed by atoms with van der Waals surface area (Å²) in [6.45, 7) is 2.07. The largest absolute Gasteiger partial charge is 0.508 e. The highest BCUT2D eigenvalue weighted by atomic mass is 16.5. The van der Waals surface area contributed by atoms with Crippen molar-refractivity contribution in [1.29, 1.82) is 0 Å². The predicted octanol–water partition coefficient (Wildman–Crippen LogP) is 1.63. The molecule has 0 aliphatic heterocycles. The van der Waals surface area contributed by atoms with Crippen molar-refractivity contribution in [2.45, 2.75) is 13.0 Å². The first-order valence-corrected chi connectivity index (χ1v) is 3.62. The van der Waals surface area contributed by atoms with Gasteiger partial charge in [-0.2, -0.15) is 0 Å². The van der Waals surface area contributed by atoms with Crippen LogP contribution < -0.4 is 0 Å². The topological polar surface area (TPSA) is 46.5 Å². The molecule has 0 bridgehead atoms. The maximum absolute atomic E-state index is 10.00. The number of benzene rings is 1. The van der Waals surface area contributed by atoms with E-state index in [0.717, 1.165) is 0 Å². The van der Waals surface area contributed by atoms with Gasteiger partial charge in [0.25, 0.3) is 6.47 Å². The molecule has 1 rings (SSSR count). The zero-order chi connectivity index (χ0) is 8.97. The predicted molar refractivity (Wildman–Crippen MR) is 43.7 cm³/mol. The second-order valence-electron chi connectivity index (χ2n) is 2.43. The Bertz CT molecular complexity index is 270. The third-order valence-electron chi connectivity index (χ3n) is 1.63. The Hall–Kier alpha value is -1.51. The summed E-state index contributed by atoms with van der Waals surface area (Å²) >= 11 is 0. The fourth-order valence-corrected chi connectivity index (χ4v) is 0.988. The van der Waals surface area contributed by atoms with Crippen LogP contribution >= 0.6 is 0 Å². The third kappa shape index (κ3) is 1.75. The van der Waals surface area contributed by atoms with Gasteiger partial charge in [-0.1, -0.05) is 18.2 Å². The first kappa shape index (κ1) is 8.59. The van der Waals surface area contributed by atoms with E-state index in [4.69, 9.17) is 0 Å². The van der Waals surface area contributed by atoms with Crippen LogP contribution in [0.15, 0.2) is 24.3 Å². The first-order chi connectivity index (χ1) is 5.75. The standard InChI is InChI=1S/C9H10O3/c1-7(12-6-10)8-4-2-3-5-9(8)11/h2-7,11H,1H3. The van der Waals surface area contributed by atoms with Crippen LogP contribution in [-0.2, 0) is 9.53 Å². The SMILES string of the molecule is CC(OC=O)c1ccccc1O. The summed E-state index contributed by atoms with van der Waals surface area (Å²) in [7, 11) is 0. The van der Waals surface area contributed by atoms with Gasteiger partial charge in [-0.05, 0) is 13.0 Å². The lowest BCUT2D eigenvalue weighted by Crippen LogP contribution is -1.97. The molecule has 1 atom stereocenters. The minimum absolute atomic E-state index is 0.145. The van der Waals surface area contributed by atoms with E-state index in [9.17, 15) is 9.90 Å². The molecule has 1 unspecified atom stereocenters. The van der Waals surface area contributed by atoms with Crippen LogP contribution in [-0.4, -0.2) is 11.6 Å². The van der Waals surface area contributed by atoms with Crippen LogP contribution in [0, 0.1) is 0 Å². The molecule has 64 valence electrons. The number of hydrogen-bond donors (Lipinski definition) is 1. The van der Waals surface area contributed by atoms with Crippen LogP contribution in [0.3, 0.4) is 0 Å². The fourth-order valence-electron chi connectivity index (χ4n) is 0.988. The van der Waals surface area contributed by atoms with Crippen LogP contribution in [0.1, 0.15) is 18.6 Å². The highest BCUT2D eigenvalue weighted by Gasteiger charge is 2.08. The molecule has 12 heavy (non-hydrogen) atoms. The molecule has 0 spiro atoms. The van der Waals surface area contributed by atoms with Crippen molar-refractivity contribution in [3.8, 4) is 5.75 Å². The van der Waals surface area contributed by atoms with Crippen molar-refractivity contribution in [2.75, 3.05) is 0 Å². The molecule has 0 saturated heterocycles. The van der Waals surface area contributed by atoms with E-state index >= 15 is 0 Å². The molecule has 0 radical (unpaired) electrons. The zero-order valence-electron chi connectivity index (χ0n) is 6.73. The average molecular weight is 166 g/mol. The molecule has 0 heterocycles. The van der Waals surface area contributed by atoms with Crippen LogP contribution in [0.4, 0.5) is 0 Å². The average Bonchev–Trinajstić information content (AvgIpc) is 2.05. The van der Waals surface area contributed by atoms with Crippen molar-refractivity contribution in [1.82, 2.24) is 0 Å². The van der Waals surface area contributed by atoms with Crippen molar-refractivity contribution in [2.24, 2.45) is 0 Å². The number of phenolic OH excluding ortho intramolecular Hbond substituents is 1. The molecule has 0 saturated carbocycles. The highest BCUT2D eigenvalue weighted by Crippen LogP contribution is 2.24. The Morgan fingerprint density at radius 1 is 1.50 bits per heavy atom. The molecule has 1 aromatic carbocycles. The van der Waals surface area contributed by atoms with Gasteiger partial charge in [-0.15, -0.1) is 0 Å². The number of aromatic hydroxyl groups is 1. The minimum Gasteiger partial charge on any atom is -0.508 e. The molecule has 0 aromatic heterocycles. The Balaban J connectivity index is 2.86. The van der Waals surface area contributed by atoms with Gasteiger partial charge in [0.1, 0.15) is 11.9 Å². The highest BCUT2D eigenvalue weighted by molar-refractivity contribution is 5.40. The van der Waals surface area contributed by atoms with E-state index in [1.165, 1.54) is 0 Å². The van der Waals surface area contributed by atoms with Gasteiger partial charge in [0.2, 0.25) is 0 Å². The number of ether oxygens (including phenoxy) is 1. The van der Waals surface area contributed by atoms with Gasteiger partial charge < -0.3 is 9.84 Å². The van der Waals surface area contributed by atoms with Gasteiger partial charge in [0.15, 0.2) is 0 Å². The maximum Gasteiger partial charge on any atom is 0.293 e. The normalized spacial score (nSPS) is 12.1. The number of carbonyl (C=O) groups excluding carboxylic acids is 1. The fraction of sp³-hybridized carbons (Fsp3) is 0.222. The number of carbonyl (C=O) groups is 1. The number of para-hydroxylation sites is 1. The molecule has 1 aromatic rings. The van der Waals surface area contributed by atoms with Crippen LogP contribution in [0.25, 0.3) is 0 Å². The van der Waals surface area contributed by atoms with E-state index < -0.39 is 6.10 Å². The van der Waals surface area contributed by atoms with E-state index in [1.807, 2.05) is 0 Å². The summed E-state index contributed by atoms with van der Waals surface area (Å²) in [5.74, 6) is 0.145. The summed E-state index contributed by atoms with van der Waals surface area (Å²) in [4.78, 5) is 10.00. The summed E-state index contributed by atoms with van der Waals surface area (Å²) in [5, 5.41) is 9.31. The first-order valence-electron chi connectivity index (χ1n) is 3.62. The van der Waals surface area contributed by atoms with Gasteiger partial charge in [0, 0.05) is 5.56 Å². The Morgan fingerprint density at radius 2 is 2.17 bits per heavy atom. The maximum atomic E-state index is 10.00. The Morgan fingerprint density at radius 3 is 2.75 bits per heavy atom. The van der Waals surface area contributed by atoms with Crippen LogP contribution in [0.2, 0.25) is 0 Å². The molecule has 1 N–H and O–H groups in total. The molecule has 3 nitrogen and oxygen atoms in total. The summed E-state index contributed by atoms with van der Waals surface area (Å²) in [5.41, 5.74) is 0.615. The number of rotatable bonds is 3. The quantitative estimate of drug-likeness (QED) is 0.694. The molecular weight excluding hydrogens is 156 g/mol. The number of phenols is 1. The van der Waals surface area contributed by atoms with E-state index in [1.54, 1.807) is 31.2 Å². The van der Waals surface area contributed by atoms with Crippen molar-refractivity contribution < 1.29 is 14.6 Å². The summed E-state index contributed by atoms with van der Waals surface area (Å²) in [6.07, 6.45) is -0.399. The second kappa shape index (κ2) is 3.76. The van der Waals surface area contributed by atoms with E-state index in [-0.39, 0.29) is 5.75 Å². The number of hydrogen-bond acceptors (Lipinski definition) is 3. The molecule has 3 heteroatoms. The zero-order valence-corrected chi connectivity index (χ0v) is 6.73. The van der Waals surface area contributed by atoms with Gasteiger partial charge in [0.05, 0.1) is 0 Å². The molecule has 0 aliphatic rings. The lowest BCUT2D eigenvalue weighted by atomic mass is 10.1. The second-order valence-corrected chi connectivity index (χ2v) is 2.43. The molecule has 0 amide bonds. The van der Waals surface area contributed by atoms with Crippen molar-refractivity contribution >= 4 is 6.47 Å². The third-order valence-corrected chi connectivity index (χ3v) is 1.63. The van der Waals surface area contributed by atoms with Gasteiger partial charge in [-0.25, -0.2) is 0 Å². The van der Waals surface area contributed by atoms with Gasteiger partial charge >= 0.3 is 0 Å². The monoisotopic (exact) mass is 166 g/mol. The van der Waals surface area contributed by atoms with E-state index in [2.05, 4.69) is 4.74 Å². The molecule has 0 fully saturated rings.